The van der Waals surface area contributed by atoms with E-state index in [1.807, 2.05) is 27.7 Å². The second-order valence-electron chi connectivity index (χ2n) is 6.38. The molecule has 0 bridgehead atoms. The molecule has 1 heterocycles. The van der Waals surface area contributed by atoms with Crippen molar-refractivity contribution in [2.45, 2.75) is 52.8 Å². The molecular formula is C19H24F3N3OS. The van der Waals surface area contributed by atoms with Crippen LogP contribution in [0.2, 0.25) is 0 Å². The van der Waals surface area contributed by atoms with Crippen LogP contribution in [-0.4, -0.2) is 28.1 Å². The van der Waals surface area contributed by atoms with Crippen molar-refractivity contribution in [1.82, 2.24) is 9.47 Å². The fourth-order valence-corrected chi connectivity index (χ4v) is 3.47. The summed E-state index contributed by atoms with van der Waals surface area (Å²) in [6.45, 7) is 8.47. The average Bonchev–Trinajstić information content (AvgIpc) is 2.98. The van der Waals surface area contributed by atoms with E-state index >= 15 is 0 Å². The Morgan fingerprint density at radius 3 is 2.41 bits per heavy atom. The van der Waals surface area contributed by atoms with Crippen molar-refractivity contribution in [3.63, 3.8) is 0 Å². The summed E-state index contributed by atoms with van der Waals surface area (Å²) in [6.07, 6.45) is -0.960. The van der Waals surface area contributed by atoms with Gasteiger partial charge in [0, 0.05) is 29.3 Å². The number of aromatic nitrogens is 1. The number of benzene rings is 1. The van der Waals surface area contributed by atoms with Gasteiger partial charge >= 0.3 is 12.2 Å². The van der Waals surface area contributed by atoms with Gasteiger partial charge in [-0.2, -0.15) is 18.2 Å². The minimum atomic E-state index is -4.38. The summed E-state index contributed by atoms with van der Waals surface area (Å²) in [6, 6.07) is 4.58. The molecule has 1 aromatic heterocycles. The van der Waals surface area contributed by atoms with E-state index in [1.54, 1.807) is 15.7 Å². The van der Waals surface area contributed by atoms with E-state index in [2.05, 4.69) is 4.99 Å². The first-order valence-corrected chi connectivity index (χ1v) is 9.71. The molecule has 1 unspecified atom stereocenters. The molecule has 1 atom stereocenters. The highest BCUT2D eigenvalue weighted by atomic mass is 32.1. The third-order valence-electron chi connectivity index (χ3n) is 4.27. The van der Waals surface area contributed by atoms with Gasteiger partial charge in [-0.1, -0.05) is 13.8 Å². The molecule has 148 valence electrons. The molecule has 2 amide bonds. The lowest BCUT2D eigenvalue weighted by atomic mass is 10.2. The average molecular weight is 399 g/mol. The third-order valence-corrected chi connectivity index (χ3v) is 5.16. The van der Waals surface area contributed by atoms with Crippen molar-refractivity contribution in [1.29, 1.82) is 0 Å². The minimum Gasteiger partial charge on any atom is -0.320 e. The van der Waals surface area contributed by atoms with E-state index in [4.69, 9.17) is 0 Å². The fourth-order valence-electron chi connectivity index (χ4n) is 2.64. The number of urea groups is 1. The summed E-state index contributed by atoms with van der Waals surface area (Å²) in [5.41, 5.74) is -0.177. The van der Waals surface area contributed by atoms with Gasteiger partial charge in [0.1, 0.15) is 0 Å². The zero-order valence-electron chi connectivity index (χ0n) is 15.9. The van der Waals surface area contributed by atoms with Crippen molar-refractivity contribution in [2.24, 2.45) is 4.99 Å². The Morgan fingerprint density at radius 1 is 1.26 bits per heavy atom. The van der Waals surface area contributed by atoms with Gasteiger partial charge in [0.15, 0.2) is 4.80 Å². The number of aryl methyl sites for hydroxylation is 1. The van der Waals surface area contributed by atoms with E-state index in [0.717, 1.165) is 29.9 Å². The maximum Gasteiger partial charge on any atom is 0.416 e. The number of nitrogens with zero attached hydrogens (tertiary/aromatic N) is 3. The number of alkyl halides is 3. The van der Waals surface area contributed by atoms with E-state index in [-0.39, 0.29) is 12.1 Å². The molecule has 27 heavy (non-hydrogen) atoms. The molecule has 0 aliphatic rings. The minimum absolute atomic E-state index is 0.0711. The summed E-state index contributed by atoms with van der Waals surface area (Å²) >= 11 is 1.33. The van der Waals surface area contributed by atoms with Gasteiger partial charge in [0.05, 0.1) is 5.56 Å². The first-order chi connectivity index (χ1) is 12.7. The molecule has 0 radical (unpaired) electrons. The number of carbonyl (C=O) groups excluding carboxylic acids is 1. The predicted octanol–water partition coefficient (Wildman–Crippen LogP) is 5.40. The molecule has 0 fully saturated rings. The van der Waals surface area contributed by atoms with Gasteiger partial charge in [-0.05, 0) is 51.0 Å². The molecule has 8 heteroatoms. The maximum absolute atomic E-state index is 12.8. The van der Waals surface area contributed by atoms with Crippen molar-refractivity contribution in [2.75, 3.05) is 6.54 Å². The Hall–Kier alpha value is -2.09. The molecule has 1 aromatic carbocycles. The highest BCUT2D eigenvalue weighted by molar-refractivity contribution is 7.09. The molecule has 4 nitrogen and oxygen atoms in total. The second kappa shape index (κ2) is 8.73. The van der Waals surface area contributed by atoms with Crippen LogP contribution in [0.3, 0.4) is 0 Å². The normalized spacial score (nSPS) is 13.7. The number of carbonyl (C=O) groups is 1. The van der Waals surface area contributed by atoms with Crippen molar-refractivity contribution >= 4 is 17.4 Å². The van der Waals surface area contributed by atoms with Crippen LogP contribution in [0.25, 0.3) is 5.69 Å². The number of halogens is 3. The van der Waals surface area contributed by atoms with E-state index < -0.39 is 11.7 Å². The molecule has 0 spiro atoms. The first-order valence-electron chi connectivity index (χ1n) is 8.89. The highest BCUT2D eigenvalue weighted by Crippen LogP contribution is 2.29. The van der Waals surface area contributed by atoms with Gasteiger partial charge in [-0.3, -0.25) is 4.57 Å². The van der Waals surface area contributed by atoms with Gasteiger partial charge in [-0.15, -0.1) is 11.3 Å². The van der Waals surface area contributed by atoms with Crippen molar-refractivity contribution < 1.29 is 18.0 Å². The van der Waals surface area contributed by atoms with Crippen LogP contribution in [-0.2, 0) is 6.18 Å². The maximum atomic E-state index is 12.8. The van der Waals surface area contributed by atoms with Crippen LogP contribution in [0.4, 0.5) is 18.0 Å². The van der Waals surface area contributed by atoms with E-state index in [9.17, 15) is 18.0 Å². The Balaban J connectivity index is 2.42. The van der Waals surface area contributed by atoms with Crippen molar-refractivity contribution in [3.8, 4) is 5.69 Å². The van der Waals surface area contributed by atoms with Gasteiger partial charge in [0.2, 0.25) is 0 Å². The van der Waals surface area contributed by atoms with Crippen LogP contribution >= 0.6 is 11.3 Å². The van der Waals surface area contributed by atoms with Crippen LogP contribution in [0.15, 0.2) is 35.5 Å². The summed E-state index contributed by atoms with van der Waals surface area (Å²) in [7, 11) is 0. The molecule has 0 aliphatic carbocycles. The Kier molecular flexibility index (Phi) is 6.86. The highest BCUT2D eigenvalue weighted by Gasteiger charge is 2.30. The molecular weight excluding hydrogens is 375 g/mol. The molecule has 0 aliphatic heterocycles. The monoisotopic (exact) mass is 399 g/mol. The Morgan fingerprint density at radius 2 is 1.89 bits per heavy atom. The van der Waals surface area contributed by atoms with Crippen LogP contribution in [0.5, 0.6) is 0 Å². The summed E-state index contributed by atoms with van der Waals surface area (Å²) in [5, 5.41) is 0. The number of amides is 2. The van der Waals surface area contributed by atoms with Gasteiger partial charge in [-0.25, -0.2) is 4.79 Å². The number of hydrogen-bond donors (Lipinski definition) is 0. The second-order valence-corrected chi connectivity index (χ2v) is 7.60. The Labute approximate surface area is 161 Å². The van der Waals surface area contributed by atoms with Crippen LogP contribution in [0.1, 0.15) is 44.1 Å². The smallest absolute Gasteiger partial charge is 0.320 e. The lowest BCUT2D eigenvalue weighted by Crippen LogP contribution is -2.38. The topological polar surface area (TPSA) is 37.6 Å². The van der Waals surface area contributed by atoms with Crippen molar-refractivity contribution in [3.05, 3.63) is 45.7 Å². The fraction of sp³-hybridized carbons (Fsp3) is 0.474. The zero-order valence-corrected chi connectivity index (χ0v) is 16.7. The molecule has 0 N–H and O–H groups in total. The summed E-state index contributed by atoms with van der Waals surface area (Å²) in [4.78, 5) is 20.0. The summed E-state index contributed by atoms with van der Waals surface area (Å²) < 4.78 is 40.0. The lowest BCUT2D eigenvalue weighted by Gasteiger charge is -2.25. The summed E-state index contributed by atoms with van der Waals surface area (Å²) in [5.74, 6) is 0. The first kappa shape index (κ1) is 21.2. The molecule has 2 aromatic rings. The van der Waals surface area contributed by atoms with Gasteiger partial charge in [0.25, 0.3) is 0 Å². The zero-order chi connectivity index (χ0) is 20.2. The Bertz CT molecular complexity index is 837. The van der Waals surface area contributed by atoms with Crippen LogP contribution in [0, 0.1) is 6.92 Å². The van der Waals surface area contributed by atoms with E-state index in [1.165, 1.54) is 23.5 Å². The number of rotatable bonds is 5. The third kappa shape index (κ3) is 5.22. The quantitative estimate of drug-likeness (QED) is 0.664. The predicted molar refractivity (Wildman–Crippen MR) is 101 cm³/mol. The largest absolute Gasteiger partial charge is 0.416 e. The SMILES string of the molecule is CCCN(C(=O)N=c1sc(C)cn1-c1ccc(C(F)(F)F)cc1)C(C)CC. The number of hydrogen-bond acceptors (Lipinski definition) is 2. The lowest BCUT2D eigenvalue weighted by molar-refractivity contribution is -0.137. The molecule has 0 saturated heterocycles. The standard InChI is InChI=1S/C19H24F3N3OS/c1-5-11-24(13(3)6-2)17(26)23-18-25(12-14(4)27-18)16-9-7-15(8-10-16)19(20,21)22/h7-10,12-13H,5-6,11H2,1-4H3. The molecule has 2 rings (SSSR count). The van der Waals surface area contributed by atoms with Crippen LogP contribution < -0.4 is 4.80 Å². The number of thiazole rings is 1. The molecule has 0 saturated carbocycles. The van der Waals surface area contributed by atoms with Gasteiger partial charge < -0.3 is 4.90 Å². The van der Waals surface area contributed by atoms with E-state index in [0.29, 0.717) is 17.0 Å².